The number of aromatic amines is 1. The Morgan fingerprint density at radius 1 is 1.20 bits per heavy atom. The molecule has 3 aromatic rings. The van der Waals surface area contributed by atoms with Crippen LogP contribution in [-0.4, -0.2) is 26.2 Å². The molecular weight excluding hydrogens is 380 g/mol. The van der Waals surface area contributed by atoms with Gasteiger partial charge in [-0.3, -0.25) is 5.10 Å². The Balaban J connectivity index is 1.54. The molecule has 0 saturated heterocycles. The quantitative estimate of drug-likeness (QED) is 0.583. The lowest BCUT2D eigenvalue weighted by atomic mass is 9.86. The molecular formula is C18H21BrN6. The highest BCUT2D eigenvalue weighted by molar-refractivity contribution is 9.10. The molecule has 7 heteroatoms. The first-order valence-corrected chi connectivity index (χ1v) is 9.47. The van der Waals surface area contributed by atoms with Crippen molar-refractivity contribution >= 4 is 44.3 Å². The van der Waals surface area contributed by atoms with Crippen molar-refractivity contribution in [1.82, 2.24) is 20.2 Å². The predicted octanol–water partition coefficient (Wildman–Crippen LogP) is 4.85. The minimum atomic E-state index is 0.468. The van der Waals surface area contributed by atoms with Gasteiger partial charge in [-0.1, -0.05) is 19.8 Å². The first-order chi connectivity index (χ1) is 12.2. The number of hydrogen-bond acceptors (Lipinski definition) is 5. The van der Waals surface area contributed by atoms with E-state index in [1.165, 1.54) is 25.7 Å². The molecule has 25 heavy (non-hydrogen) atoms. The van der Waals surface area contributed by atoms with E-state index >= 15 is 0 Å². The zero-order valence-corrected chi connectivity index (χ0v) is 15.7. The lowest BCUT2D eigenvalue weighted by Crippen LogP contribution is -2.30. The summed E-state index contributed by atoms with van der Waals surface area (Å²) in [6.45, 7) is 2.31. The fourth-order valence-electron chi connectivity index (χ4n) is 3.38. The summed E-state index contributed by atoms with van der Waals surface area (Å²) in [5.41, 5.74) is 1.95. The molecule has 0 aliphatic heterocycles. The molecule has 0 spiro atoms. The highest BCUT2D eigenvalue weighted by Gasteiger charge is 2.22. The van der Waals surface area contributed by atoms with Gasteiger partial charge in [-0.25, -0.2) is 4.98 Å². The zero-order valence-electron chi connectivity index (χ0n) is 14.1. The summed E-state index contributed by atoms with van der Waals surface area (Å²) in [5, 5.41) is 14.9. The SMILES string of the molecule is CC1CCCCC1Nc1nc(Nc2ccc3[nH]ncc3c2)ncc1Br. The van der Waals surface area contributed by atoms with E-state index in [0.717, 1.165) is 26.9 Å². The second kappa shape index (κ2) is 7.00. The first-order valence-electron chi connectivity index (χ1n) is 8.68. The van der Waals surface area contributed by atoms with E-state index in [9.17, 15) is 0 Å². The predicted molar refractivity (Wildman–Crippen MR) is 104 cm³/mol. The van der Waals surface area contributed by atoms with Crippen molar-refractivity contribution in [2.75, 3.05) is 10.6 Å². The van der Waals surface area contributed by atoms with Gasteiger partial charge in [-0.2, -0.15) is 10.1 Å². The smallest absolute Gasteiger partial charge is 0.229 e. The molecule has 1 aliphatic carbocycles. The van der Waals surface area contributed by atoms with Crippen molar-refractivity contribution in [1.29, 1.82) is 0 Å². The van der Waals surface area contributed by atoms with Gasteiger partial charge in [0.15, 0.2) is 0 Å². The minimum Gasteiger partial charge on any atom is -0.366 e. The molecule has 0 amide bonds. The maximum Gasteiger partial charge on any atom is 0.229 e. The highest BCUT2D eigenvalue weighted by Crippen LogP contribution is 2.29. The molecule has 1 saturated carbocycles. The number of fused-ring (bicyclic) bond motifs is 1. The van der Waals surface area contributed by atoms with Gasteiger partial charge in [-0.15, -0.1) is 0 Å². The van der Waals surface area contributed by atoms with Crippen LogP contribution < -0.4 is 10.6 Å². The second-order valence-corrected chi connectivity index (χ2v) is 7.55. The van der Waals surface area contributed by atoms with Crippen LogP contribution in [0.15, 0.2) is 35.1 Å². The van der Waals surface area contributed by atoms with Crippen LogP contribution in [0.2, 0.25) is 0 Å². The summed E-state index contributed by atoms with van der Waals surface area (Å²) < 4.78 is 0.890. The number of nitrogens with one attached hydrogen (secondary N) is 3. The van der Waals surface area contributed by atoms with Gasteiger partial charge in [0.1, 0.15) is 5.82 Å². The third-order valence-electron chi connectivity index (χ3n) is 4.87. The van der Waals surface area contributed by atoms with Crippen molar-refractivity contribution in [3.8, 4) is 0 Å². The molecule has 130 valence electrons. The van der Waals surface area contributed by atoms with Crippen molar-refractivity contribution in [2.45, 2.75) is 38.6 Å². The second-order valence-electron chi connectivity index (χ2n) is 6.70. The van der Waals surface area contributed by atoms with E-state index in [1.807, 2.05) is 18.2 Å². The van der Waals surface area contributed by atoms with Gasteiger partial charge < -0.3 is 10.6 Å². The largest absolute Gasteiger partial charge is 0.366 e. The minimum absolute atomic E-state index is 0.468. The fourth-order valence-corrected chi connectivity index (χ4v) is 3.69. The number of H-pyrrole nitrogens is 1. The topological polar surface area (TPSA) is 78.5 Å². The Kier molecular flexibility index (Phi) is 4.57. The van der Waals surface area contributed by atoms with Gasteiger partial charge in [0.2, 0.25) is 5.95 Å². The normalized spacial score (nSPS) is 20.6. The Hall–Kier alpha value is -2.15. The first kappa shape index (κ1) is 16.3. The maximum atomic E-state index is 4.66. The van der Waals surface area contributed by atoms with Gasteiger partial charge >= 0.3 is 0 Å². The summed E-state index contributed by atoms with van der Waals surface area (Å²) in [6.07, 6.45) is 8.67. The van der Waals surface area contributed by atoms with Crippen molar-refractivity contribution in [3.63, 3.8) is 0 Å². The molecule has 2 atom stereocenters. The third kappa shape index (κ3) is 3.61. The molecule has 3 N–H and O–H groups in total. The molecule has 2 heterocycles. The average molecular weight is 401 g/mol. The Labute approximate surface area is 155 Å². The van der Waals surface area contributed by atoms with E-state index in [1.54, 1.807) is 12.4 Å². The zero-order chi connectivity index (χ0) is 17.2. The van der Waals surface area contributed by atoms with Crippen LogP contribution in [0.5, 0.6) is 0 Å². The number of benzene rings is 1. The number of halogens is 1. The molecule has 1 fully saturated rings. The van der Waals surface area contributed by atoms with Gasteiger partial charge in [0.05, 0.1) is 16.2 Å². The van der Waals surface area contributed by atoms with E-state index in [0.29, 0.717) is 17.9 Å². The Morgan fingerprint density at radius 3 is 2.96 bits per heavy atom. The summed E-state index contributed by atoms with van der Waals surface area (Å²) in [4.78, 5) is 9.04. The average Bonchev–Trinajstić information content (AvgIpc) is 3.07. The Morgan fingerprint density at radius 2 is 2.08 bits per heavy atom. The summed E-state index contributed by atoms with van der Waals surface area (Å²) in [6, 6.07) is 6.48. The summed E-state index contributed by atoms with van der Waals surface area (Å²) in [7, 11) is 0. The van der Waals surface area contributed by atoms with Crippen molar-refractivity contribution < 1.29 is 0 Å². The number of rotatable bonds is 4. The molecule has 4 rings (SSSR count). The van der Waals surface area contributed by atoms with Crippen molar-refractivity contribution in [3.05, 3.63) is 35.1 Å². The van der Waals surface area contributed by atoms with Crippen LogP contribution in [0.25, 0.3) is 10.9 Å². The van der Waals surface area contributed by atoms with Gasteiger partial charge in [0, 0.05) is 23.3 Å². The molecule has 1 aromatic carbocycles. The van der Waals surface area contributed by atoms with Crippen LogP contribution in [0, 0.1) is 5.92 Å². The lowest BCUT2D eigenvalue weighted by molar-refractivity contribution is 0.349. The monoisotopic (exact) mass is 400 g/mol. The summed E-state index contributed by atoms with van der Waals surface area (Å²) in [5.74, 6) is 2.09. The molecule has 1 aliphatic rings. The number of hydrogen-bond donors (Lipinski definition) is 3. The molecule has 2 aromatic heterocycles. The number of aromatic nitrogens is 4. The molecule has 2 unspecified atom stereocenters. The maximum absolute atomic E-state index is 4.66. The van der Waals surface area contributed by atoms with Crippen LogP contribution in [0.3, 0.4) is 0 Å². The van der Waals surface area contributed by atoms with Crippen molar-refractivity contribution in [2.24, 2.45) is 5.92 Å². The van der Waals surface area contributed by atoms with Crippen LogP contribution >= 0.6 is 15.9 Å². The summed E-state index contributed by atoms with van der Waals surface area (Å²) >= 11 is 3.56. The van der Waals surface area contributed by atoms with Crippen LogP contribution in [-0.2, 0) is 0 Å². The van der Waals surface area contributed by atoms with E-state index in [-0.39, 0.29) is 0 Å². The molecule has 0 bridgehead atoms. The van der Waals surface area contributed by atoms with E-state index in [2.05, 4.69) is 53.7 Å². The van der Waals surface area contributed by atoms with E-state index < -0.39 is 0 Å². The van der Waals surface area contributed by atoms with E-state index in [4.69, 9.17) is 0 Å². The number of nitrogens with zero attached hydrogens (tertiary/aromatic N) is 3. The number of anilines is 3. The standard InChI is InChI=1S/C18H21BrN6/c1-11-4-2-3-5-15(11)23-17-14(19)10-20-18(24-17)22-13-6-7-16-12(8-13)9-21-25-16/h6-11,15H,2-5H2,1H3,(H,21,25)(H2,20,22,23,24). The Bertz CT molecular complexity index is 877. The highest BCUT2D eigenvalue weighted by atomic mass is 79.9. The van der Waals surface area contributed by atoms with Crippen LogP contribution in [0.1, 0.15) is 32.6 Å². The fraction of sp³-hybridized carbons (Fsp3) is 0.389. The third-order valence-corrected chi connectivity index (χ3v) is 5.45. The van der Waals surface area contributed by atoms with Gasteiger partial charge in [-0.05, 0) is 52.9 Å². The molecule has 6 nitrogen and oxygen atoms in total. The lowest BCUT2D eigenvalue weighted by Gasteiger charge is -2.30. The molecule has 0 radical (unpaired) electrons. The van der Waals surface area contributed by atoms with Crippen LogP contribution in [0.4, 0.5) is 17.5 Å². The van der Waals surface area contributed by atoms with Gasteiger partial charge in [0.25, 0.3) is 0 Å².